The zero-order valence-corrected chi connectivity index (χ0v) is 11.9. The van der Waals surface area contributed by atoms with E-state index in [4.69, 9.17) is 17.3 Å². The Bertz CT molecular complexity index is 596. The fraction of sp³-hybridized carbons (Fsp3) is 0.0714. The van der Waals surface area contributed by atoms with Gasteiger partial charge in [-0.05, 0) is 30.5 Å². The van der Waals surface area contributed by atoms with Crippen molar-refractivity contribution in [3.8, 4) is 0 Å². The van der Waals surface area contributed by atoms with Crippen molar-refractivity contribution in [3.05, 3.63) is 53.1 Å². The largest absolute Gasteiger partial charge is 0.397 e. The van der Waals surface area contributed by atoms with Gasteiger partial charge in [0.15, 0.2) is 0 Å². The molecule has 3 nitrogen and oxygen atoms in total. The summed E-state index contributed by atoms with van der Waals surface area (Å²) in [6, 6.07) is 12.5. The predicted octanol–water partition coefficient (Wildman–Crippen LogP) is 3.90. The third-order valence-corrected chi connectivity index (χ3v) is 3.75. The number of benzene rings is 2. The Morgan fingerprint density at radius 1 is 1.21 bits per heavy atom. The van der Waals surface area contributed by atoms with E-state index in [1.807, 2.05) is 24.5 Å². The minimum Gasteiger partial charge on any atom is -0.397 e. The van der Waals surface area contributed by atoms with E-state index < -0.39 is 0 Å². The molecule has 0 atom stereocenters. The second-order valence-electron chi connectivity index (χ2n) is 3.86. The number of carbonyl (C=O) groups is 1. The van der Waals surface area contributed by atoms with Gasteiger partial charge in [-0.2, -0.15) is 0 Å². The molecule has 1 amide bonds. The SMILES string of the molecule is CSc1ccccc1C(=O)Nc1c(N)cccc1Cl. The maximum Gasteiger partial charge on any atom is 0.256 e. The molecular weight excluding hydrogens is 280 g/mol. The molecule has 0 unspecified atom stereocenters. The number of para-hydroxylation sites is 1. The summed E-state index contributed by atoms with van der Waals surface area (Å²) in [5.41, 5.74) is 7.32. The first-order valence-corrected chi connectivity index (χ1v) is 7.22. The molecule has 0 saturated carbocycles. The van der Waals surface area contributed by atoms with E-state index in [2.05, 4.69) is 5.32 Å². The van der Waals surface area contributed by atoms with Crippen LogP contribution in [0.1, 0.15) is 10.4 Å². The van der Waals surface area contributed by atoms with Gasteiger partial charge in [0, 0.05) is 4.90 Å². The van der Waals surface area contributed by atoms with Crippen LogP contribution in [0, 0.1) is 0 Å². The maximum absolute atomic E-state index is 12.3. The summed E-state index contributed by atoms with van der Waals surface area (Å²) in [6.45, 7) is 0. The third kappa shape index (κ3) is 3.03. The van der Waals surface area contributed by atoms with Crippen LogP contribution < -0.4 is 11.1 Å². The van der Waals surface area contributed by atoms with Gasteiger partial charge in [0.05, 0.1) is 22.0 Å². The van der Waals surface area contributed by atoms with Gasteiger partial charge in [-0.1, -0.05) is 29.8 Å². The normalized spacial score (nSPS) is 10.2. The molecule has 0 saturated heterocycles. The van der Waals surface area contributed by atoms with E-state index in [9.17, 15) is 4.79 Å². The first kappa shape index (κ1) is 13.8. The number of amides is 1. The van der Waals surface area contributed by atoms with Crippen molar-refractivity contribution in [3.63, 3.8) is 0 Å². The summed E-state index contributed by atoms with van der Waals surface area (Å²) in [6.07, 6.45) is 1.93. The monoisotopic (exact) mass is 292 g/mol. The minimum absolute atomic E-state index is 0.218. The van der Waals surface area contributed by atoms with Crippen LogP contribution in [0.25, 0.3) is 0 Å². The Balaban J connectivity index is 2.31. The average molecular weight is 293 g/mol. The van der Waals surface area contributed by atoms with Crippen molar-refractivity contribution in [2.24, 2.45) is 0 Å². The molecule has 2 rings (SSSR count). The highest BCUT2D eigenvalue weighted by Crippen LogP contribution is 2.29. The second-order valence-corrected chi connectivity index (χ2v) is 5.11. The molecule has 0 spiro atoms. The van der Waals surface area contributed by atoms with Crippen LogP contribution >= 0.6 is 23.4 Å². The number of halogens is 1. The van der Waals surface area contributed by atoms with Crippen LogP contribution in [0.2, 0.25) is 5.02 Å². The molecule has 0 fully saturated rings. The van der Waals surface area contributed by atoms with E-state index in [1.54, 1.807) is 24.3 Å². The molecule has 98 valence electrons. The second kappa shape index (κ2) is 5.99. The highest BCUT2D eigenvalue weighted by Gasteiger charge is 2.13. The Morgan fingerprint density at radius 3 is 2.63 bits per heavy atom. The van der Waals surface area contributed by atoms with Gasteiger partial charge >= 0.3 is 0 Å². The van der Waals surface area contributed by atoms with Crippen molar-refractivity contribution >= 4 is 40.6 Å². The summed E-state index contributed by atoms with van der Waals surface area (Å²) in [4.78, 5) is 13.2. The summed E-state index contributed by atoms with van der Waals surface area (Å²) in [7, 11) is 0. The lowest BCUT2D eigenvalue weighted by Crippen LogP contribution is -2.14. The molecule has 3 N–H and O–H groups in total. The molecular formula is C14H13ClN2OS. The van der Waals surface area contributed by atoms with E-state index in [0.29, 0.717) is 22.0 Å². The smallest absolute Gasteiger partial charge is 0.256 e. The van der Waals surface area contributed by atoms with Gasteiger partial charge < -0.3 is 11.1 Å². The first-order chi connectivity index (χ1) is 9.13. The van der Waals surface area contributed by atoms with Gasteiger partial charge in [-0.25, -0.2) is 0 Å². The van der Waals surface area contributed by atoms with E-state index in [0.717, 1.165) is 4.90 Å². The van der Waals surface area contributed by atoms with Crippen LogP contribution in [0.3, 0.4) is 0 Å². The molecule has 0 aliphatic heterocycles. The maximum atomic E-state index is 12.3. The highest BCUT2D eigenvalue weighted by atomic mass is 35.5. The fourth-order valence-corrected chi connectivity index (χ4v) is 2.51. The summed E-state index contributed by atoms with van der Waals surface area (Å²) < 4.78 is 0. The number of nitrogen functional groups attached to an aromatic ring is 1. The van der Waals surface area contributed by atoms with Gasteiger partial charge in [0.25, 0.3) is 5.91 Å². The molecule has 0 bridgehead atoms. The summed E-state index contributed by atoms with van der Waals surface area (Å²) >= 11 is 7.55. The molecule has 0 aromatic heterocycles. The summed E-state index contributed by atoms with van der Waals surface area (Å²) in [5.74, 6) is -0.218. The molecule has 19 heavy (non-hydrogen) atoms. The van der Waals surface area contributed by atoms with Crippen molar-refractivity contribution in [2.75, 3.05) is 17.3 Å². The molecule has 0 radical (unpaired) electrons. The zero-order chi connectivity index (χ0) is 13.8. The van der Waals surface area contributed by atoms with E-state index in [-0.39, 0.29) is 5.91 Å². The number of hydrogen-bond donors (Lipinski definition) is 2. The lowest BCUT2D eigenvalue weighted by Gasteiger charge is -2.11. The van der Waals surface area contributed by atoms with Gasteiger partial charge in [0.1, 0.15) is 0 Å². The number of thioether (sulfide) groups is 1. The van der Waals surface area contributed by atoms with Crippen LogP contribution in [-0.2, 0) is 0 Å². The number of nitrogens with one attached hydrogen (secondary N) is 1. The lowest BCUT2D eigenvalue weighted by molar-refractivity contribution is 0.102. The molecule has 2 aromatic carbocycles. The van der Waals surface area contributed by atoms with E-state index >= 15 is 0 Å². The lowest BCUT2D eigenvalue weighted by atomic mass is 10.2. The number of anilines is 2. The van der Waals surface area contributed by atoms with Crippen molar-refractivity contribution in [1.29, 1.82) is 0 Å². The standard InChI is InChI=1S/C14H13ClN2OS/c1-19-12-8-3-2-5-9(12)14(18)17-13-10(15)6-4-7-11(13)16/h2-8H,16H2,1H3,(H,17,18). The number of nitrogens with two attached hydrogens (primary N) is 1. The van der Waals surface area contributed by atoms with Crippen molar-refractivity contribution < 1.29 is 4.79 Å². The molecule has 0 heterocycles. The van der Waals surface area contributed by atoms with Gasteiger partial charge in [-0.15, -0.1) is 11.8 Å². The number of hydrogen-bond acceptors (Lipinski definition) is 3. The zero-order valence-electron chi connectivity index (χ0n) is 10.3. The Labute approximate surface area is 121 Å². The average Bonchev–Trinajstić information content (AvgIpc) is 2.42. The third-order valence-electron chi connectivity index (χ3n) is 2.64. The van der Waals surface area contributed by atoms with Crippen molar-refractivity contribution in [2.45, 2.75) is 4.90 Å². The summed E-state index contributed by atoms with van der Waals surface area (Å²) in [5, 5.41) is 3.19. The first-order valence-electron chi connectivity index (χ1n) is 5.62. The van der Waals surface area contributed by atoms with Crippen LogP contribution in [-0.4, -0.2) is 12.2 Å². The topological polar surface area (TPSA) is 55.1 Å². The Kier molecular flexibility index (Phi) is 4.35. The van der Waals surface area contributed by atoms with Crippen LogP contribution in [0.15, 0.2) is 47.4 Å². The quantitative estimate of drug-likeness (QED) is 0.666. The van der Waals surface area contributed by atoms with Crippen LogP contribution in [0.5, 0.6) is 0 Å². The van der Waals surface area contributed by atoms with Crippen molar-refractivity contribution in [1.82, 2.24) is 0 Å². The fourth-order valence-electron chi connectivity index (χ4n) is 1.69. The van der Waals surface area contributed by atoms with E-state index in [1.165, 1.54) is 11.8 Å². The molecule has 5 heteroatoms. The van der Waals surface area contributed by atoms with Crippen LogP contribution in [0.4, 0.5) is 11.4 Å². The highest BCUT2D eigenvalue weighted by molar-refractivity contribution is 7.98. The number of carbonyl (C=O) groups excluding carboxylic acids is 1. The van der Waals surface area contributed by atoms with Gasteiger partial charge in [-0.3, -0.25) is 4.79 Å². The molecule has 2 aromatic rings. The Morgan fingerprint density at radius 2 is 1.95 bits per heavy atom. The minimum atomic E-state index is -0.218. The number of rotatable bonds is 3. The molecule has 0 aliphatic rings. The molecule has 0 aliphatic carbocycles. The Hall–Kier alpha value is -1.65. The predicted molar refractivity (Wildman–Crippen MR) is 82.0 cm³/mol. The van der Waals surface area contributed by atoms with Gasteiger partial charge in [0.2, 0.25) is 0 Å².